The Morgan fingerprint density at radius 1 is 0.340 bits per heavy atom. The zero-order valence-corrected chi connectivity index (χ0v) is 31.6. The molecule has 0 unspecified atom stereocenters. The van der Waals surface area contributed by atoms with E-state index in [1.165, 1.54) is 27.7 Å². The summed E-state index contributed by atoms with van der Waals surface area (Å²) in [5, 5.41) is 0. The molecule has 0 rings (SSSR count). The molecule has 0 saturated carbocycles. The van der Waals surface area contributed by atoms with Crippen molar-refractivity contribution in [1.82, 2.24) is 0 Å². The number of carbonyl (C=O) groups is 8. The van der Waals surface area contributed by atoms with E-state index in [1.807, 2.05) is 0 Å². The molecule has 0 bridgehead atoms. The molecular weight excluding hydrogens is 656 g/mol. The van der Waals surface area contributed by atoms with Crippen LogP contribution in [-0.2, 0) is 66.8 Å². The number of hydrogen-bond donors (Lipinski definition) is 0. The lowest BCUT2D eigenvalue weighted by Gasteiger charge is -2.28. The summed E-state index contributed by atoms with van der Waals surface area (Å²) in [5.74, 6) is -3.95. The van der Waals surface area contributed by atoms with Crippen molar-refractivity contribution < 1.29 is 66.8 Å². The van der Waals surface area contributed by atoms with Gasteiger partial charge >= 0.3 is 35.8 Å². The predicted octanol–water partition coefficient (Wildman–Crippen LogP) is 4.65. The maximum atomic E-state index is 12.4. The van der Waals surface area contributed by atoms with Gasteiger partial charge in [0.25, 0.3) is 0 Å². The first-order valence-corrected chi connectivity index (χ1v) is 17.0. The predicted molar refractivity (Wildman–Crippen MR) is 179 cm³/mol. The first-order valence-electron chi connectivity index (χ1n) is 17.0. The molecule has 0 aliphatic heterocycles. The van der Waals surface area contributed by atoms with Crippen LogP contribution in [-0.4, -0.2) is 87.0 Å². The fraction of sp³-hybridized carbons (Fsp3) is 0.778. The van der Waals surface area contributed by atoms with Crippen LogP contribution in [0.25, 0.3) is 0 Å². The minimum atomic E-state index is -1.32. The average Bonchev–Trinajstić information content (AvgIpc) is 3.01. The van der Waals surface area contributed by atoms with Crippen LogP contribution in [0.2, 0.25) is 0 Å². The van der Waals surface area contributed by atoms with Gasteiger partial charge in [0.05, 0.1) is 0 Å². The number of rotatable bonds is 23. The molecule has 0 aromatic rings. The van der Waals surface area contributed by atoms with Gasteiger partial charge in [-0.3, -0.25) is 38.4 Å². The van der Waals surface area contributed by atoms with Crippen molar-refractivity contribution in [3.05, 3.63) is 0 Å². The van der Waals surface area contributed by atoms with E-state index in [-0.39, 0.29) is 76.9 Å². The maximum Gasteiger partial charge on any atom is 0.319 e. The van der Waals surface area contributed by atoms with E-state index in [0.29, 0.717) is 25.7 Å². The molecule has 0 amide bonds. The van der Waals surface area contributed by atoms with Gasteiger partial charge in [0.2, 0.25) is 0 Å². The lowest BCUT2D eigenvalue weighted by molar-refractivity contribution is -0.164. The molecule has 0 radical (unpaired) electrons. The van der Waals surface area contributed by atoms with E-state index in [2.05, 4.69) is 0 Å². The van der Waals surface area contributed by atoms with Gasteiger partial charge < -0.3 is 28.4 Å². The highest BCUT2D eigenvalue weighted by Crippen LogP contribution is 2.31. The highest BCUT2D eigenvalue weighted by atomic mass is 16.6. The summed E-state index contributed by atoms with van der Waals surface area (Å²) in [5.41, 5.74) is -4.07. The van der Waals surface area contributed by atoms with Crippen molar-refractivity contribution in [2.24, 2.45) is 21.7 Å². The Hall–Kier alpha value is -3.84. The number of ketones is 2. The third-order valence-electron chi connectivity index (χ3n) is 7.31. The quantitative estimate of drug-likeness (QED) is 0.0615. The number of hydrogen-bond acceptors (Lipinski definition) is 14. The molecule has 0 N–H and O–H groups in total. The molecule has 0 aliphatic rings. The van der Waals surface area contributed by atoms with Crippen LogP contribution >= 0.6 is 0 Å². The van der Waals surface area contributed by atoms with Crippen molar-refractivity contribution in [2.45, 2.75) is 121 Å². The second kappa shape index (κ2) is 21.4. The smallest absolute Gasteiger partial charge is 0.319 e. The molecule has 0 aromatic carbocycles. The van der Waals surface area contributed by atoms with Crippen LogP contribution < -0.4 is 0 Å². The lowest BCUT2D eigenvalue weighted by Crippen LogP contribution is -2.42. The monoisotopic (exact) mass is 714 g/mol. The second-order valence-corrected chi connectivity index (χ2v) is 15.0. The Kier molecular flexibility index (Phi) is 19.8. The first-order chi connectivity index (χ1) is 22.9. The summed E-state index contributed by atoms with van der Waals surface area (Å²) in [7, 11) is 0. The van der Waals surface area contributed by atoms with Crippen LogP contribution in [0.1, 0.15) is 121 Å². The van der Waals surface area contributed by atoms with Crippen molar-refractivity contribution in [3.8, 4) is 0 Å². The number of esters is 6. The van der Waals surface area contributed by atoms with Crippen LogP contribution in [0.4, 0.5) is 0 Å². The summed E-state index contributed by atoms with van der Waals surface area (Å²) < 4.78 is 30.3. The minimum Gasteiger partial charge on any atom is -0.462 e. The Balaban J connectivity index is 3.91. The summed E-state index contributed by atoms with van der Waals surface area (Å²) in [6, 6.07) is 0. The van der Waals surface area contributed by atoms with Gasteiger partial charge in [0, 0.05) is 36.5 Å². The van der Waals surface area contributed by atoms with Crippen LogP contribution in [0, 0.1) is 21.7 Å². The highest BCUT2D eigenvalue weighted by molar-refractivity contribution is 6.05. The Labute approximate surface area is 295 Å². The topological polar surface area (TPSA) is 192 Å². The number of carbonyl (C=O) groups excluding carboxylic acids is 8. The Morgan fingerprint density at radius 2 is 0.540 bits per heavy atom. The molecule has 14 nitrogen and oxygen atoms in total. The van der Waals surface area contributed by atoms with Crippen molar-refractivity contribution in [2.75, 3.05) is 39.6 Å². The zero-order valence-electron chi connectivity index (χ0n) is 31.6. The molecule has 0 fully saturated rings. The summed E-state index contributed by atoms with van der Waals surface area (Å²) in [6.07, 6.45) is 1.71. The second-order valence-electron chi connectivity index (χ2n) is 15.0. The van der Waals surface area contributed by atoms with E-state index < -0.39 is 57.5 Å². The van der Waals surface area contributed by atoms with Crippen LogP contribution in [0.5, 0.6) is 0 Å². The minimum absolute atomic E-state index is 0.0551. The van der Waals surface area contributed by atoms with Crippen molar-refractivity contribution in [3.63, 3.8) is 0 Å². The first kappa shape index (κ1) is 46.2. The molecule has 0 atom stereocenters. The van der Waals surface area contributed by atoms with E-state index in [1.54, 1.807) is 41.5 Å². The highest BCUT2D eigenvalue weighted by Gasteiger charge is 2.44. The molecule has 286 valence electrons. The van der Waals surface area contributed by atoms with Gasteiger partial charge in [-0.05, 0) is 53.4 Å². The Bertz CT molecular complexity index is 1090. The molecule has 0 heterocycles. The van der Waals surface area contributed by atoms with Gasteiger partial charge in [-0.25, -0.2) is 0 Å². The van der Waals surface area contributed by atoms with Crippen molar-refractivity contribution in [1.29, 1.82) is 0 Å². The van der Waals surface area contributed by atoms with Gasteiger partial charge in [0.15, 0.2) is 11.6 Å². The van der Waals surface area contributed by atoms with Gasteiger partial charge in [0.1, 0.15) is 50.5 Å². The molecule has 50 heavy (non-hydrogen) atoms. The Morgan fingerprint density at radius 3 is 0.740 bits per heavy atom. The number of unbranched alkanes of at least 4 members (excludes halogenated alkanes) is 2. The fourth-order valence-corrected chi connectivity index (χ4v) is 4.68. The molecular formula is C36H58O14. The SMILES string of the molecule is CC(C)(C)C(=O)C(C)(C)C(=O)OCCOC(=O)CCCCC(=O)OCCOC(=O)CCCCC(=O)OCCOC(=O)C(C)(C)C(=O)C(C)(C)C. The van der Waals surface area contributed by atoms with E-state index in [4.69, 9.17) is 28.4 Å². The molecule has 0 aromatic heterocycles. The molecule has 0 aliphatic carbocycles. The molecule has 0 spiro atoms. The van der Waals surface area contributed by atoms with Crippen molar-refractivity contribution >= 4 is 47.4 Å². The average molecular weight is 715 g/mol. The van der Waals surface area contributed by atoms with Crippen LogP contribution in [0.3, 0.4) is 0 Å². The third kappa shape index (κ3) is 18.2. The van der Waals surface area contributed by atoms with E-state index in [0.717, 1.165) is 0 Å². The largest absolute Gasteiger partial charge is 0.462 e. The molecule has 0 saturated heterocycles. The van der Waals surface area contributed by atoms with Gasteiger partial charge in [-0.2, -0.15) is 0 Å². The number of ether oxygens (including phenoxy) is 6. The lowest BCUT2D eigenvalue weighted by atomic mass is 9.75. The van der Waals surface area contributed by atoms with E-state index in [9.17, 15) is 38.4 Å². The fourth-order valence-electron chi connectivity index (χ4n) is 4.68. The van der Waals surface area contributed by atoms with Crippen LogP contribution in [0.15, 0.2) is 0 Å². The zero-order chi connectivity index (χ0) is 38.8. The normalized spacial score (nSPS) is 12.0. The summed E-state index contributed by atoms with van der Waals surface area (Å²) in [4.78, 5) is 97.0. The third-order valence-corrected chi connectivity index (χ3v) is 7.31. The van der Waals surface area contributed by atoms with E-state index >= 15 is 0 Å². The maximum absolute atomic E-state index is 12.4. The standard InChI is InChI=1S/C36H58O14/c1-33(2,3)29(41)35(7,8)31(43)49-23-21-47-27(39)17-13-11-15-25(37)45-19-20-46-26(38)16-12-14-18-28(40)48-22-24-50-32(44)36(9,10)30(42)34(4,5)6/h11-24H2,1-10H3. The van der Waals surface area contributed by atoms with Gasteiger partial charge in [-0.15, -0.1) is 0 Å². The summed E-state index contributed by atoms with van der Waals surface area (Å²) in [6.45, 7) is 15.4. The molecule has 14 heteroatoms. The van der Waals surface area contributed by atoms with Gasteiger partial charge in [-0.1, -0.05) is 41.5 Å². The summed E-state index contributed by atoms with van der Waals surface area (Å²) >= 11 is 0. The number of Topliss-reactive ketones (excluding diaryl/α,β-unsaturated/α-hetero) is 2.